The van der Waals surface area contributed by atoms with Crippen molar-refractivity contribution in [2.45, 2.75) is 57.0 Å². The minimum Gasteiger partial charge on any atom is -0.625 e. The monoisotopic (exact) mass is 485 g/mol. The maximum absolute atomic E-state index is 5.23. The van der Waals surface area contributed by atoms with Crippen molar-refractivity contribution >= 4 is 27.5 Å². The van der Waals surface area contributed by atoms with E-state index in [9.17, 15) is 0 Å². The number of fused-ring (bicyclic) bond motifs is 3. The molecule has 0 bridgehead atoms. The van der Waals surface area contributed by atoms with Crippen LogP contribution in [0.25, 0.3) is 32.8 Å². The van der Waals surface area contributed by atoms with Gasteiger partial charge >= 0.3 is 0 Å². The van der Waals surface area contributed by atoms with Crippen LogP contribution in [0.1, 0.15) is 50.3 Å². The lowest BCUT2D eigenvalue weighted by molar-refractivity contribution is 0.346. The Morgan fingerprint density at radius 1 is 0.649 bits per heavy atom. The van der Waals surface area contributed by atoms with Gasteiger partial charge < -0.3 is 20.5 Å². The van der Waals surface area contributed by atoms with E-state index in [1.165, 1.54) is 63.5 Å². The molecule has 2 heterocycles. The molecule has 0 radical (unpaired) electrons. The van der Waals surface area contributed by atoms with Gasteiger partial charge in [-0.05, 0) is 62.3 Å². The summed E-state index contributed by atoms with van der Waals surface area (Å²) in [4.78, 5) is 0. The van der Waals surface area contributed by atoms with Crippen molar-refractivity contribution in [2.24, 2.45) is 0 Å². The van der Waals surface area contributed by atoms with Gasteiger partial charge in [-0.15, -0.1) is 0 Å². The molecule has 4 heteroatoms. The highest BCUT2D eigenvalue weighted by atomic mass is 15.4. The highest BCUT2D eigenvalue weighted by Gasteiger charge is 2.26. The van der Waals surface area contributed by atoms with E-state index in [2.05, 4.69) is 112 Å². The molecule has 1 fully saturated rings. The second kappa shape index (κ2) is 9.79. The lowest BCUT2D eigenvalue weighted by atomic mass is 9.94. The number of hydrogen-bond acceptors (Lipinski definition) is 2. The lowest BCUT2D eigenvalue weighted by Gasteiger charge is -2.52. The Hall–Kier alpha value is -3.44. The van der Waals surface area contributed by atoms with Crippen LogP contribution >= 0.6 is 0 Å². The van der Waals surface area contributed by atoms with Crippen molar-refractivity contribution in [3.63, 3.8) is 0 Å². The van der Waals surface area contributed by atoms with Gasteiger partial charge in [-0.2, -0.15) is 0 Å². The van der Waals surface area contributed by atoms with Crippen molar-refractivity contribution in [1.29, 1.82) is 0 Å². The van der Waals surface area contributed by atoms with E-state index in [1.54, 1.807) is 0 Å². The Balaban J connectivity index is 1.27. The number of allylic oxidation sites excluding steroid dienone is 4. The minimum atomic E-state index is -0.0243. The Kier molecular flexibility index (Phi) is 6.01. The fourth-order valence-corrected chi connectivity index (χ4v) is 6.24. The van der Waals surface area contributed by atoms with Gasteiger partial charge in [0.15, 0.2) is 0 Å². The first-order valence-corrected chi connectivity index (χ1v) is 13.7. The number of hydrogen-bond donors (Lipinski definition) is 2. The van der Waals surface area contributed by atoms with Gasteiger partial charge in [-0.3, -0.25) is 0 Å². The van der Waals surface area contributed by atoms with E-state index < -0.39 is 0 Å². The molecule has 1 aliphatic heterocycles. The molecule has 3 unspecified atom stereocenters. The van der Waals surface area contributed by atoms with E-state index in [-0.39, 0.29) is 18.5 Å². The van der Waals surface area contributed by atoms with Crippen LogP contribution in [0.4, 0.5) is 0 Å². The summed E-state index contributed by atoms with van der Waals surface area (Å²) in [6.45, 7) is 0. The molecule has 0 spiro atoms. The van der Waals surface area contributed by atoms with Crippen LogP contribution in [0.3, 0.4) is 0 Å². The molecule has 4 nitrogen and oxygen atoms in total. The van der Waals surface area contributed by atoms with Crippen LogP contribution in [-0.2, 0) is 0 Å². The van der Waals surface area contributed by atoms with Crippen molar-refractivity contribution in [3.8, 4) is 0 Å². The number of rotatable bonds is 4. The third-order valence-electron chi connectivity index (χ3n) is 8.07. The van der Waals surface area contributed by atoms with E-state index in [1.807, 2.05) is 0 Å². The molecule has 1 aromatic heterocycles. The third-order valence-corrected chi connectivity index (χ3v) is 8.07. The predicted octanol–water partition coefficient (Wildman–Crippen LogP) is 7.77. The van der Waals surface area contributed by atoms with Gasteiger partial charge in [-0.1, -0.05) is 102 Å². The van der Waals surface area contributed by atoms with E-state index >= 15 is 0 Å². The zero-order valence-electron chi connectivity index (χ0n) is 21.1. The zero-order valence-corrected chi connectivity index (χ0v) is 21.1. The molecule has 1 saturated heterocycles. The highest BCUT2D eigenvalue weighted by molar-refractivity contribution is 6.10. The fraction of sp³-hybridized carbons (Fsp3) is 0.273. The average Bonchev–Trinajstić information content (AvgIpc) is 3.32. The lowest BCUT2D eigenvalue weighted by Crippen LogP contribution is -2.55. The topological polar surface area (TPSA) is 43.1 Å². The molecule has 0 saturated carbocycles. The summed E-state index contributed by atoms with van der Waals surface area (Å²) in [5.41, 5.74) is 7.86. The third kappa shape index (κ3) is 4.25. The van der Waals surface area contributed by atoms with Crippen LogP contribution in [0.2, 0.25) is 0 Å². The Morgan fingerprint density at radius 3 is 2.08 bits per heavy atom. The number of aromatic nitrogens is 1. The molecule has 186 valence electrons. The van der Waals surface area contributed by atoms with Crippen molar-refractivity contribution in [3.05, 3.63) is 119 Å². The average molecular weight is 486 g/mol. The highest BCUT2D eigenvalue weighted by Crippen LogP contribution is 2.37. The van der Waals surface area contributed by atoms with Gasteiger partial charge in [0, 0.05) is 16.5 Å². The first kappa shape index (κ1) is 22.7. The molecule has 2 N–H and O–H groups in total. The molecule has 2 aliphatic carbocycles. The van der Waals surface area contributed by atoms with Crippen LogP contribution in [0, 0.1) is 0 Å². The number of benzene rings is 3. The van der Waals surface area contributed by atoms with Gasteiger partial charge in [-0.25, -0.2) is 0 Å². The molecular weight excluding hydrogens is 452 g/mol. The smallest absolute Gasteiger partial charge is 0.0777 e. The first-order valence-electron chi connectivity index (χ1n) is 13.7. The van der Waals surface area contributed by atoms with E-state index in [4.69, 9.17) is 5.32 Å². The summed E-state index contributed by atoms with van der Waals surface area (Å²) in [5, 5.41) is 15.6. The summed E-state index contributed by atoms with van der Waals surface area (Å²) >= 11 is 0. The molecule has 7 rings (SSSR count). The molecule has 3 aromatic carbocycles. The Morgan fingerprint density at radius 2 is 1.35 bits per heavy atom. The van der Waals surface area contributed by atoms with Gasteiger partial charge in [0.25, 0.3) is 0 Å². The summed E-state index contributed by atoms with van der Waals surface area (Å²) in [6, 6.07) is 28.2. The second-order valence-electron chi connectivity index (χ2n) is 10.4. The standard InChI is InChI=1S/C33H33N4/c1-3-12-23(13-4-1)31-34-32(24-14-5-2-6-15-24)36-33(35-31)25-16-11-17-26(22-25)37-29-20-9-7-18-27(29)28-19-8-10-21-30(28)37/h1,3-4,7-10,12-14,17-22,31-33,35-36H,2,5-6,11,15-16H2/q-1. The van der Waals surface area contributed by atoms with Crippen LogP contribution in [0.15, 0.2) is 108 Å². The number of nitrogens with zero attached hydrogens (tertiary/aromatic N) is 2. The molecule has 3 aliphatic rings. The first-order chi connectivity index (χ1) is 18.3. The van der Waals surface area contributed by atoms with Crippen LogP contribution in [-0.4, -0.2) is 16.9 Å². The Labute approximate surface area is 218 Å². The van der Waals surface area contributed by atoms with Crippen LogP contribution in [0.5, 0.6) is 0 Å². The summed E-state index contributed by atoms with van der Waals surface area (Å²) in [5.74, 6) is 0. The maximum Gasteiger partial charge on any atom is 0.0777 e. The molecule has 4 aromatic rings. The predicted molar refractivity (Wildman–Crippen MR) is 154 cm³/mol. The van der Waals surface area contributed by atoms with E-state index in [0.29, 0.717) is 0 Å². The normalized spacial score (nSPS) is 24.5. The van der Waals surface area contributed by atoms with Gasteiger partial charge in [0.05, 0.1) is 17.2 Å². The van der Waals surface area contributed by atoms with Gasteiger partial charge in [0.2, 0.25) is 0 Å². The number of para-hydroxylation sites is 2. The summed E-state index contributed by atoms with van der Waals surface area (Å²) < 4.78 is 2.44. The van der Waals surface area contributed by atoms with Crippen molar-refractivity contribution in [2.75, 3.05) is 0 Å². The molecule has 0 amide bonds. The van der Waals surface area contributed by atoms with Gasteiger partial charge in [0.1, 0.15) is 0 Å². The summed E-state index contributed by atoms with van der Waals surface area (Å²) in [7, 11) is 0. The van der Waals surface area contributed by atoms with E-state index in [0.717, 1.165) is 19.3 Å². The molecular formula is C33H33N4-. The summed E-state index contributed by atoms with van der Waals surface area (Å²) in [6.07, 6.45) is 14.3. The minimum absolute atomic E-state index is 0.0243. The quantitative estimate of drug-likeness (QED) is 0.290. The van der Waals surface area contributed by atoms with Crippen LogP contribution < -0.4 is 10.6 Å². The second-order valence-corrected chi connectivity index (χ2v) is 10.4. The maximum atomic E-state index is 5.23. The zero-order chi connectivity index (χ0) is 24.6. The largest absolute Gasteiger partial charge is 0.625 e. The SMILES string of the molecule is C1=C(C2[N-]C(c3ccccc3)NC(C3=CC(n4c5ccccc5c5ccccc54)=CCC3)N2)CCCC1. The number of nitrogens with one attached hydrogen (secondary N) is 2. The van der Waals surface area contributed by atoms with Crippen molar-refractivity contribution in [1.82, 2.24) is 15.2 Å². The molecule has 37 heavy (non-hydrogen) atoms. The fourth-order valence-electron chi connectivity index (χ4n) is 6.24. The Bertz CT molecular complexity index is 1470. The van der Waals surface area contributed by atoms with Crippen molar-refractivity contribution < 1.29 is 0 Å². The molecule has 3 atom stereocenters.